The monoisotopic (exact) mass is 284 g/mol. The molecular formula is C12H8ClFNO2S. The van der Waals surface area contributed by atoms with Gasteiger partial charge in [0.25, 0.3) is 10.0 Å². The highest BCUT2D eigenvalue weighted by Gasteiger charge is 2.15. The molecule has 93 valence electrons. The molecule has 2 aromatic rings. The fourth-order valence-corrected chi connectivity index (χ4v) is 2.64. The van der Waals surface area contributed by atoms with Crippen LogP contribution in [0.3, 0.4) is 0 Å². The van der Waals surface area contributed by atoms with E-state index in [2.05, 4.69) is 10.8 Å². The number of rotatable bonds is 3. The van der Waals surface area contributed by atoms with Crippen LogP contribution >= 0.6 is 11.6 Å². The highest BCUT2D eigenvalue weighted by Crippen LogP contribution is 2.21. The van der Waals surface area contributed by atoms with Gasteiger partial charge in [0.1, 0.15) is 5.82 Å². The van der Waals surface area contributed by atoms with E-state index in [1.54, 1.807) is 18.2 Å². The molecule has 6 heteroatoms. The van der Waals surface area contributed by atoms with Gasteiger partial charge in [-0.15, -0.1) is 0 Å². The van der Waals surface area contributed by atoms with E-state index in [4.69, 9.17) is 11.6 Å². The summed E-state index contributed by atoms with van der Waals surface area (Å²) < 4.78 is 39.2. The van der Waals surface area contributed by atoms with Gasteiger partial charge in [0.2, 0.25) is 0 Å². The van der Waals surface area contributed by atoms with Crippen LogP contribution in [0.15, 0.2) is 47.4 Å². The van der Waals surface area contributed by atoms with Crippen LogP contribution in [0.2, 0.25) is 5.02 Å². The van der Waals surface area contributed by atoms with Gasteiger partial charge in [0.05, 0.1) is 9.92 Å². The summed E-state index contributed by atoms with van der Waals surface area (Å²) in [5, 5.41) is -0.238. The Bertz CT molecular complexity index is 659. The summed E-state index contributed by atoms with van der Waals surface area (Å²) >= 11 is 5.55. The second-order valence-electron chi connectivity index (χ2n) is 3.47. The molecule has 0 saturated carbocycles. The minimum atomic E-state index is -3.77. The second kappa shape index (κ2) is 4.96. The predicted octanol–water partition coefficient (Wildman–Crippen LogP) is 3.08. The number of benzene rings is 2. The maximum Gasteiger partial charge on any atom is 0.261 e. The zero-order chi connectivity index (χ0) is 13.2. The first-order chi connectivity index (χ1) is 8.49. The molecule has 0 saturated heterocycles. The molecule has 1 N–H and O–H groups in total. The van der Waals surface area contributed by atoms with E-state index in [0.717, 1.165) is 18.2 Å². The third-order valence-corrected chi connectivity index (χ3v) is 3.83. The zero-order valence-corrected chi connectivity index (χ0v) is 10.6. The Balaban J connectivity index is 2.34. The molecule has 3 nitrogen and oxygen atoms in total. The molecule has 0 heterocycles. The van der Waals surface area contributed by atoms with E-state index >= 15 is 0 Å². The maximum atomic E-state index is 13.0. The van der Waals surface area contributed by atoms with E-state index < -0.39 is 15.8 Å². The largest absolute Gasteiger partial charge is 0.280 e. The Morgan fingerprint density at radius 2 is 2.06 bits per heavy atom. The molecular weight excluding hydrogens is 277 g/mol. The fraction of sp³-hybridized carbons (Fsp3) is 0. The zero-order valence-electron chi connectivity index (χ0n) is 9.02. The summed E-state index contributed by atoms with van der Waals surface area (Å²) in [5.41, 5.74) is 0.373. The van der Waals surface area contributed by atoms with Gasteiger partial charge in [-0.25, -0.2) is 12.8 Å². The van der Waals surface area contributed by atoms with E-state index in [1.165, 1.54) is 6.07 Å². The van der Waals surface area contributed by atoms with Crippen molar-refractivity contribution in [2.45, 2.75) is 4.90 Å². The Kier molecular flexibility index (Phi) is 3.54. The van der Waals surface area contributed by atoms with Crippen LogP contribution in [0, 0.1) is 11.9 Å². The Morgan fingerprint density at radius 1 is 1.28 bits per heavy atom. The Labute approximate surface area is 109 Å². The van der Waals surface area contributed by atoms with Crippen LogP contribution < -0.4 is 4.72 Å². The van der Waals surface area contributed by atoms with E-state index in [-0.39, 0.29) is 9.92 Å². The topological polar surface area (TPSA) is 46.2 Å². The summed E-state index contributed by atoms with van der Waals surface area (Å²) in [6.07, 6.45) is 0. The van der Waals surface area contributed by atoms with Crippen LogP contribution in [0.4, 0.5) is 10.1 Å². The molecule has 0 spiro atoms. The normalized spacial score (nSPS) is 11.2. The summed E-state index contributed by atoms with van der Waals surface area (Å²) in [4.78, 5) is -0.0993. The van der Waals surface area contributed by atoms with Crippen LogP contribution in [0.5, 0.6) is 0 Å². The molecule has 0 fully saturated rings. The van der Waals surface area contributed by atoms with Crippen molar-refractivity contribution in [3.63, 3.8) is 0 Å². The third kappa shape index (κ3) is 2.80. The molecule has 2 rings (SSSR count). The fourth-order valence-electron chi connectivity index (χ4n) is 1.31. The van der Waals surface area contributed by atoms with Crippen LogP contribution in [-0.4, -0.2) is 8.42 Å². The molecule has 0 unspecified atom stereocenters. The Hall–Kier alpha value is -1.59. The van der Waals surface area contributed by atoms with Crippen molar-refractivity contribution in [3.05, 3.63) is 59.4 Å². The predicted molar refractivity (Wildman–Crippen MR) is 67.5 cm³/mol. The third-order valence-electron chi connectivity index (χ3n) is 2.16. The van der Waals surface area contributed by atoms with Gasteiger partial charge in [-0.05, 0) is 36.4 Å². The molecule has 18 heavy (non-hydrogen) atoms. The lowest BCUT2D eigenvalue weighted by Gasteiger charge is -2.08. The van der Waals surface area contributed by atoms with Gasteiger partial charge in [-0.2, -0.15) is 0 Å². The van der Waals surface area contributed by atoms with Gasteiger partial charge in [0.15, 0.2) is 0 Å². The highest BCUT2D eigenvalue weighted by molar-refractivity contribution is 7.92. The smallest absolute Gasteiger partial charge is 0.261 e. The van der Waals surface area contributed by atoms with Crippen molar-refractivity contribution >= 4 is 27.3 Å². The number of sulfonamides is 1. The molecule has 0 bridgehead atoms. The van der Waals surface area contributed by atoms with Crippen LogP contribution in [-0.2, 0) is 10.0 Å². The first-order valence-electron chi connectivity index (χ1n) is 4.93. The number of nitrogens with one attached hydrogen (secondary N) is 1. The molecule has 1 radical (unpaired) electrons. The number of hydrogen-bond donors (Lipinski definition) is 1. The first kappa shape index (κ1) is 12.9. The van der Waals surface area contributed by atoms with Crippen molar-refractivity contribution < 1.29 is 12.8 Å². The van der Waals surface area contributed by atoms with Crippen molar-refractivity contribution in [1.82, 2.24) is 0 Å². The van der Waals surface area contributed by atoms with Crippen LogP contribution in [0.1, 0.15) is 0 Å². The van der Waals surface area contributed by atoms with Gasteiger partial charge in [-0.3, -0.25) is 4.72 Å². The summed E-state index contributed by atoms with van der Waals surface area (Å²) in [6.45, 7) is 0. The van der Waals surface area contributed by atoms with Crippen molar-refractivity contribution in [3.8, 4) is 0 Å². The van der Waals surface area contributed by atoms with Crippen molar-refractivity contribution in [2.24, 2.45) is 0 Å². The Morgan fingerprint density at radius 3 is 2.67 bits per heavy atom. The molecule has 2 aromatic carbocycles. The van der Waals surface area contributed by atoms with Crippen molar-refractivity contribution in [1.29, 1.82) is 0 Å². The molecule has 0 amide bonds. The lowest BCUT2D eigenvalue weighted by Crippen LogP contribution is -2.12. The standard InChI is InChI=1S/C12H8ClFNO2S/c13-11-8-10(6-7-12(11)14)18(16,17)15-9-4-2-1-3-5-9/h1-2,4-8,15H. The lowest BCUT2D eigenvalue weighted by atomic mass is 10.3. The van der Waals surface area contributed by atoms with Crippen molar-refractivity contribution in [2.75, 3.05) is 4.72 Å². The van der Waals surface area contributed by atoms with Crippen LogP contribution in [0.25, 0.3) is 0 Å². The lowest BCUT2D eigenvalue weighted by molar-refractivity contribution is 0.599. The molecule has 0 aliphatic heterocycles. The average Bonchev–Trinajstić information content (AvgIpc) is 2.33. The van der Waals surface area contributed by atoms with E-state index in [0.29, 0.717) is 5.69 Å². The van der Waals surface area contributed by atoms with Gasteiger partial charge < -0.3 is 0 Å². The minimum absolute atomic E-state index is 0.0993. The summed E-state index contributed by atoms with van der Waals surface area (Å²) in [5.74, 6) is -0.663. The number of hydrogen-bond acceptors (Lipinski definition) is 2. The van der Waals surface area contributed by atoms with E-state index in [1.807, 2.05) is 0 Å². The second-order valence-corrected chi connectivity index (χ2v) is 5.56. The molecule has 0 atom stereocenters. The van der Waals surface area contributed by atoms with E-state index in [9.17, 15) is 12.8 Å². The first-order valence-corrected chi connectivity index (χ1v) is 6.79. The SMILES string of the molecule is O=S(=O)(Nc1c[c]ccc1)c1ccc(F)c(Cl)c1. The van der Waals surface area contributed by atoms with Gasteiger partial charge in [-0.1, -0.05) is 23.7 Å². The number of halogens is 2. The quantitative estimate of drug-likeness (QED) is 0.941. The minimum Gasteiger partial charge on any atom is -0.280 e. The van der Waals surface area contributed by atoms with Gasteiger partial charge in [0, 0.05) is 5.69 Å². The average molecular weight is 285 g/mol. The maximum absolute atomic E-state index is 13.0. The molecule has 0 aromatic heterocycles. The highest BCUT2D eigenvalue weighted by atomic mass is 35.5. The summed E-state index contributed by atoms with van der Waals surface area (Å²) in [6, 6.07) is 12.3. The molecule has 0 aliphatic carbocycles. The van der Waals surface area contributed by atoms with Gasteiger partial charge >= 0.3 is 0 Å². The summed E-state index contributed by atoms with van der Waals surface area (Å²) in [7, 11) is -3.77. The number of anilines is 1. The molecule has 0 aliphatic rings.